The minimum absolute atomic E-state index is 0.777. The SMILES string of the molecule is CCCCCc1ccc(OCCCC[n+]2ccc(-c3cc[n+](CCCCOc4ccc(CCCCC)cc4CCCCC)cc3)cc2)c(CCCCC)c1. The van der Waals surface area contributed by atoms with Gasteiger partial charge in [-0.05, 0) is 110 Å². The molecule has 54 heavy (non-hydrogen) atoms. The second kappa shape index (κ2) is 26.2. The first-order valence-corrected chi connectivity index (χ1v) is 22.1. The molecule has 0 radical (unpaired) electrons. The molecule has 0 spiro atoms. The number of nitrogens with zero attached hydrogens (tertiary/aromatic N) is 2. The lowest BCUT2D eigenvalue weighted by Gasteiger charge is -2.13. The summed E-state index contributed by atoms with van der Waals surface area (Å²) < 4.78 is 17.3. The second-order valence-electron chi connectivity index (χ2n) is 15.5. The first kappa shape index (κ1) is 43.1. The third-order valence-electron chi connectivity index (χ3n) is 10.7. The van der Waals surface area contributed by atoms with Crippen LogP contribution >= 0.6 is 0 Å². The van der Waals surface area contributed by atoms with Crippen molar-refractivity contribution < 1.29 is 18.6 Å². The van der Waals surface area contributed by atoms with Crippen molar-refractivity contribution in [2.45, 2.75) is 169 Å². The molecular weight excluding hydrogens is 661 g/mol. The van der Waals surface area contributed by atoms with Crippen molar-refractivity contribution in [3.05, 3.63) is 108 Å². The first-order valence-electron chi connectivity index (χ1n) is 22.1. The Morgan fingerprint density at radius 2 is 0.759 bits per heavy atom. The molecule has 4 rings (SSSR count). The molecule has 0 N–H and O–H groups in total. The van der Waals surface area contributed by atoms with Gasteiger partial charge in [0.2, 0.25) is 0 Å². The van der Waals surface area contributed by atoms with E-state index in [-0.39, 0.29) is 0 Å². The highest BCUT2D eigenvalue weighted by Gasteiger charge is 2.10. The number of unbranched alkanes of at least 4 members (excludes halogenated alkanes) is 10. The van der Waals surface area contributed by atoms with Gasteiger partial charge in [0.15, 0.2) is 24.8 Å². The van der Waals surface area contributed by atoms with E-state index in [0.717, 1.165) is 76.3 Å². The fourth-order valence-electron chi connectivity index (χ4n) is 7.29. The van der Waals surface area contributed by atoms with Crippen molar-refractivity contribution in [3.63, 3.8) is 0 Å². The first-order chi connectivity index (χ1) is 26.6. The lowest BCUT2D eigenvalue weighted by molar-refractivity contribution is -0.697. The Morgan fingerprint density at radius 1 is 0.389 bits per heavy atom. The van der Waals surface area contributed by atoms with Crippen LogP contribution in [0.3, 0.4) is 0 Å². The summed E-state index contributed by atoms with van der Waals surface area (Å²) in [6.07, 6.45) is 33.1. The second-order valence-corrected chi connectivity index (χ2v) is 15.5. The summed E-state index contributed by atoms with van der Waals surface area (Å²) in [6.45, 7) is 12.7. The van der Waals surface area contributed by atoms with Gasteiger partial charge in [-0.3, -0.25) is 0 Å². The van der Waals surface area contributed by atoms with Crippen LogP contribution in [0.15, 0.2) is 85.5 Å². The zero-order valence-electron chi connectivity index (χ0n) is 34.8. The molecule has 0 aliphatic rings. The molecule has 2 aromatic carbocycles. The van der Waals surface area contributed by atoms with Crippen LogP contribution in [0, 0.1) is 0 Å². The maximum atomic E-state index is 6.35. The predicted octanol–water partition coefficient (Wildman–Crippen LogP) is 12.6. The third-order valence-corrected chi connectivity index (χ3v) is 10.7. The Labute approximate surface area is 330 Å². The number of aryl methyl sites for hydroxylation is 6. The van der Waals surface area contributed by atoms with Gasteiger partial charge >= 0.3 is 0 Å². The van der Waals surface area contributed by atoms with E-state index in [1.165, 1.54) is 123 Å². The molecule has 0 amide bonds. The highest BCUT2D eigenvalue weighted by Crippen LogP contribution is 2.26. The van der Waals surface area contributed by atoms with Gasteiger partial charge in [0.1, 0.15) is 24.6 Å². The van der Waals surface area contributed by atoms with E-state index in [1.54, 1.807) is 0 Å². The van der Waals surface area contributed by atoms with E-state index < -0.39 is 0 Å². The van der Waals surface area contributed by atoms with Gasteiger partial charge in [-0.15, -0.1) is 0 Å². The van der Waals surface area contributed by atoms with Crippen LogP contribution in [0.4, 0.5) is 0 Å². The zero-order valence-corrected chi connectivity index (χ0v) is 34.8. The van der Waals surface area contributed by atoms with Crippen molar-refractivity contribution in [1.29, 1.82) is 0 Å². The minimum atomic E-state index is 0.777. The number of hydrogen-bond acceptors (Lipinski definition) is 2. The molecule has 0 saturated heterocycles. The molecule has 0 bridgehead atoms. The maximum absolute atomic E-state index is 6.35. The molecule has 0 fully saturated rings. The summed E-state index contributed by atoms with van der Waals surface area (Å²) in [6, 6.07) is 22.8. The fourth-order valence-corrected chi connectivity index (χ4v) is 7.29. The maximum Gasteiger partial charge on any atom is 0.169 e. The molecule has 2 aromatic heterocycles. The van der Waals surface area contributed by atoms with Crippen LogP contribution < -0.4 is 18.6 Å². The summed E-state index contributed by atoms with van der Waals surface area (Å²) in [7, 11) is 0. The molecular formula is C50H74N2O2+2. The molecule has 0 unspecified atom stereocenters. The van der Waals surface area contributed by atoms with Crippen molar-refractivity contribution in [2.24, 2.45) is 0 Å². The summed E-state index contributed by atoms with van der Waals surface area (Å²) in [5, 5.41) is 0. The lowest BCUT2D eigenvalue weighted by atomic mass is 10.00. The minimum Gasteiger partial charge on any atom is -0.493 e. The van der Waals surface area contributed by atoms with Crippen LogP contribution in [0.1, 0.15) is 153 Å². The van der Waals surface area contributed by atoms with E-state index in [2.05, 4.69) is 122 Å². The van der Waals surface area contributed by atoms with Gasteiger partial charge in [-0.2, -0.15) is 0 Å². The Bertz CT molecular complexity index is 1440. The Balaban J connectivity index is 1.16. The number of benzene rings is 2. The smallest absolute Gasteiger partial charge is 0.169 e. The average Bonchev–Trinajstić information content (AvgIpc) is 3.20. The fraction of sp³-hybridized carbons (Fsp3) is 0.560. The third kappa shape index (κ3) is 16.0. The number of aromatic nitrogens is 2. The largest absolute Gasteiger partial charge is 0.493 e. The monoisotopic (exact) mass is 735 g/mol. The number of pyridine rings is 2. The molecule has 0 atom stereocenters. The van der Waals surface area contributed by atoms with Crippen molar-refractivity contribution in [1.82, 2.24) is 0 Å². The molecule has 4 heteroatoms. The van der Waals surface area contributed by atoms with E-state index >= 15 is 0 Å². The standard InChI is InChI=1S/C50H74N2O2/c1-5-9-13-21-43-25-27-49(47(41-43)23-15-11-7-3)53-39-19-17-33-51-35-29-45(30-36-51)46-31-37-52(38-32-46)34-18-20-40-54-50-28-26-44(22-14-10-6-2)42-48(50)24-16-12-8-4/h25-32,35-38,41-42H,5-24,33-34,39-40H2,1-4H3/q+2. The molecule has 4 nitrogen and oxygen atoms in total. The number of ether oxygens (including phenoxy) is 2. The van der Waals surface area contributed by atoms with Crippen LogP contribution in [0.2, 0.25) is 0 Å². The highest BCUT2D eigenvalue weighted by atomic mass is 16.5. The Morgan fingerprint density at radius 3 is 1.13 bits per heavy atom. The molecule has 2 heterocycles. The summed E-state index contributed by atoms with van der Waals surface area (Å²) in [5.74, 6) is 2.20. The molecule has 0 saturated carbocycles. The topological polar surface area (TPSA) is 26.2 Å². The van der Waals surface area contributed by atoms with E-state index in [9.17, 15) is 0 Å². The van der Waals surface area contributed by atoms with E-state index in [0.29, 0.717) is 0 Å². The average molecular weight is 735 g/mol. The van der Waals surface area contributed by atoms with Crippen LogP contribution in [0.25, 0.3) is 11.1 Å². The summed E-state index contributed by atoms with van der Waals surface area (Å²) >= 11 is 0. The van der Waals surface area contributed by atoms with Crippen LogP contribution in [0.5, 0.6) is 11.5 Å². The summed E-state index contributed by atoms with van der Waals surface area (Å²) in [4.78, 5) is 0. The molecule has 0 aliphatic carbocycles. The van der Waals surface area contributed by atoms with Gasteiger partial charge in [-0.25, -0.2) is 9.13 Å². The van der Waals surface area contributed by atoms with Crippen molar-refractivity contribution in [2.75, 3.05) is 13.2 Å². The van der Waals surface area contributed by atoms with Crippen molar-refractivity contribution in [3.8, 4) is 22.6 Å². The van der Waals surface area contributed by atoms with Crippen molar-refractivity contribution >= 4 is 0 Å². The van der Waals surface area contributed by atoms with Crippen LogP contribution in [-0.4, -0.2) is 13.2 Å². The van der Waals surface area contributed by atoms with Gasteiger partial charge in [0.25, 0.3) is 0 Å². The zero-order chi connectivity index (χ0) is 38.1. The van der Waals surface area contributed by atoms with Gasteiger partial charge < -0.3 is 9.47 Å². The normalized spacial score (nSPS) is 11.3. The molecule has 0 aliphatic heterocycles. The van der Waals surface area contributed by atoms with Gasteiger partial charge in [-0.1, -0.05) is 103 Å². The number of hydrogen-bond donors (Lipinski definition) is 0. The number of rotatable bonds is 29. The quantitative estimate of drug-likeness (QED) is 0.0410. The predicted molar refractivity (Wildman–Crippen MR) is 228 cm³/mol. The van der Waals surface area contributed by atoms with Crippen LogP contribution in [-0.2, 0) is 38.8 Å². The van der Waals surface area contributed by atoms with E-state index in [1.807, 2.05) is 0 Å². The van der Waals surface area contributed by atoms with Gasteiger partial charge in [0, 0.05) is 37.1 Å². The Hall–Kier alpha value is -3.66. The molecule has 294 valence electrons. The highest BCUT2D eigenvalue weighted by molar-refractivity contribution is 5.60. The summed E-state index contributed by atoms with van der Waals surface area (Å²) in [5.41, 5.74) is 8.26. The lowest BCUT2D eigenvalue weighted by Crippen LogP contribution is -2.33. The van der Waals surface area contributed by atoms with E-state index in [4.69, 9.17) is 9.47 Å². The Kier molecular flexibility index (Phi) is 20.9. The van der Waals surface area contributed by atoms with Gasteiger partial charge in [0.05, 0.1) is 13.2 Å². The molecule has 4 aromatic rings.